The van der Waals surface area contributed by atoms with E-state index in [2.05, 4.69) is 41.5 Å². The number of benzene rings is 1. The maximum Gasteiger partial charge on any atom is 0.324 e. The Hall–Kier alpha value is -0.870. The second-order valence-corrected chi connectivity index (χ2v) is 12.2. The SMILES string of the molecule is Cc1c(C)c2c(c(C)c1O)CC[C@@](C)(CCCC(C)CCCC(C)CCCC(C)C)O2.OP(O)O. The Bertz CT molecular complexity index is 761. The minimum absolute atomic E-state index is 0.0712. The number of ether oxygens (including phenoxy) is 1. The molecule has 5 nitrogen and oxygen atoms in total. The zero-order chi connectivity index (χ0) is 26.8. The standard InChI is InChI=1S/C29H50O2.H3O3P/c1-20(2)12-9-13-21(3)14-10-15-22(4)16-11-18-29(8)19-17-26-25(7)27(30)23(5)24(6)28(26)31-29;1-4(2)3/h20-22,30H,9-19H2,1-8H3;1-3H/t21?,22?,29-;/m1./s1. The van der Waals surface area contributed by atoms with Gasteiger partial charge in [-0.1, -0.05) is 72.6 Å². The molecule has 4 N–H and O–H groups in total. The van der Waals surface area contributed by atoms with Crippen LogP contribution >= 0.6 is 8.60 Å². The van der Waals surface area contributed by atoms with Crippen LogP contribution in [0.1, 0.15) is 121 Å². The van der Waals surface area contributed by atoms with Gasteiger partial charge in [0.05, 0.1) is 0 Å². The van der Waals surface area contributed by atoms with Crippen LogP contribution in [0.15, 0.2) is 0 Å². The maximum atomic E-state index is 10.4. The number of phenols is 1. The lowest BCUT2D eigenvalue weighted by Gasteiger charge is -2.38. The first kappa shape index (κ1) is 32.2. The molecule has 1 aromatic carbocycles. The largest absolute Gasteiger partial charge is 0.507 e. The van der Waals surface area contributed by atoms with Crippen molar-refractivity contribution in [3.8, 4) is 11.5 Å². The van der Waals surface area contributed by atoms with Crippen molar-refractivity contribution >= 4 is 8.60 Å². The fourth-order valence-electron chi connectivity index (χ4n) is 5.27. The highest BCUT2D eigenvalue weighted by molar-refractivity contribution is 7.38. The zero-order valence-corrected chi connectivity index (χ0v) is 24.5. The van der Waals surface area contributed by atoms with Crippen molar-refractivity contribution in [3.63, 3.8) is 0 Å². The van der Waals surface area contributed by atoms with E-state index in [9.17, 15) is 5.11 Å². The first-order valence-electron chi connectivity index (χ1n) is 13.6. The van der Waals surface area contributed by atoms with Gasteiger partial charge in [0.2, 0.25) is 0 Å². The lowest BCUT2D eigenvalue weighted by molar-refractivity contribution is 0.0511. The number of phenolic OH excluding ortho intramolecular Hbond substituents is 1. The van der Waals surface area contributed by atoms with Crippen LogP contribution in [0.3, 0.4) is 0 Å². The quantitative estimate of drug-likeness (QED) is 0.213. The van der Waals surface area contributed by atoms with E-state index in [0.29, 0.717) is 5.75 Å². The van der Waals surface area contributed by atoms with Gasteiger partial charge in [-0.15, -0.1) is 0 Å². The Morgan fingerprint density at radius 3 is 1.80 bits per heavy atom. The molecule has 6 heteroatoms. The molecule has 35 heavy (non-hydrogen) atoms. The van der Waals surface area contributed by atoms with Gasteiger partial charge >= 0.3 is 8.60 Å². The summed E-state index contributed by atoms with van der Waals surface area (Å²) in [5.41, 5.74) is 4.23. The number of rotatable bonds is 12. The summed E-state index contributed by atoms with van der Waals surface area (Å²) in [6.07, 6.45) is 14.1. The molecular weight excluding hydrogens is 459 g/mol. The van der Waals surface area contributed by atoms with Crippen molar-refractivity contribution in [1.29, 1.82) is 0 Å². The summed E-state index contributed by atoms with van der Waals surface area (Å²) in [7, 11) is -2.62. The van der Waals surface area contributed by atoms with Gasteiger partial charge in [-0.2, -0.15) is 0 Å². The third-order valence-electron chi connectivity index (χ3n) is 7.87. The van der Waals surface area contributed by atoms with Crippen molar-refractivity contribution in [2.75, 3.05) is 0 Å². The summed E-state index contributed by atoms with van der Waals surface area (Å²) in [5, 5.41) is 10.4. The van der Waals surface area contributed by atoms with Crippen LogP contribution in [0.2, 0.25) is 0 Å². The van der Waals surface area contributed by atoms with Crippen molar-refractivity contribution in [2.24, 2.45) is 17.8 Å². The smallest absolute Gasteiger partial charge is 0.324 e. The lowest BCUT2D eigenvalue weighted by atomic mass is 9.84. The molecule has 0 saturated heterocycles. The van der Waals surface area contributed by atoms with Crippen LogP contribution in [0.5, 0.6) is 11.5 Å². The second-order valence-electron chi connectivity index (χ2n) is 11.7. The second kappa shape index (κ2) is 15.4. The van der Waals surface area contributed by atoms with Crippen molar-refractivity contribution < 1.29 is 24.5 Å². The molecule has 0 amide bonds. The fraction of sp³-hybridized carbons (Fsp3) is 0.793. The number of aromatic hydroxyl groups is 1. The van der Waals surface area contributed by atoms with E-state index in [4.69, 9.17) is 19.4 Å². The maximum absolute atomic E-state index is 10.4. The van der Waals surface area contributed by atoms with Crippen LogP contribution in [0, 0.1) is 38.5 Å². The summed E-state index contributed by atoms with van der Waals surface area (Å²) in [5.74, 6) is 4.04. The van der Waals surface area contributed by atoms with E-state index < -0.39 is 8.60 Å². The molecule has 1 heterocycles. The van der Waals surface area contributed by atoms with Gasteiger partial charge in [-0.25, -0.2) is 0 Å². The summed E-state index contributed by atoms with van der Waals surface area (Å²) in [6.45, 7) is 17.9. The average Bonchev–Trinajstić information content (AvgIpc) is 2.75. The van der Waals surface area contributed by atoms with Crippen LogP contribution in [-0.4, -0.2) is 25.4 Å². The third-order valence-corrected chi connectivity index (χ3v) is 7.87. The number of fused-ring (bicyclic) bond motifs is 1. The Labute approximate surface area is 216 Å². The zero-order valence-electron chi connectivity index (χ0n) is 23.7. The molecule has 2 unspecified atom stereocenters. The van der Waals surface area contributed by atoms with Crippen molar-refractivity contribution in [3.05, 3.63) is 22.3 Å². The van der Waals surface area contributed by atoms with E-state index in [-0.39, 0.29) is 5.60 Å². The Kier molecular flexibility index (Phi) is 14.1. The normalized spacial score (nSPS) is 19.1. The van der Waals surface area contributed by atoms with Crippen LogP contribution in [0.4, 0.5) is 0 Å². The first-order valence-corrected chi connectivity index (χ1v) is 14.8. The summed E-state index contributed by atoms with van der Waals surface area (Å²) >= 11 is 0. The first-order chi connectivity index (χ1) is 16.3. The van der Waals surface area contributed by atoms with E-state index in [1.165, 1.54) is 56.9 Å². The average molecular weight is 513 g/mol. The Balaban J connectivity index is 0.00000142. The Morgan fingerprint density at radius 1 is 0.800 bits per heavy atom. The molecular formula is C29H53O5P. The lowest BCUT2D eigenvalue weighted by Crippen LogP contribution is -2.37. The van der Waals surface area contributed by atoms with Gasteiger partial charge in [0.25, 0.3) is 0 Å². The van der Waals surface area contributed by atoms with E-state index in [1.807, 2.05) is 13.8 Å². The molecule has 0 radical (unpaired) electrons. The Morgan fingerprint density at radius 2 is 1.29 bits per heavy atom. The minimum atomic E-state index is -2.62. The van der Waals surface area contributed by atoms with E-state index in [1.54, 1.807) is 0 Å². The van der Waals surface area contributed by atoms with Crippen molar-refractivity contribution in [2.45, 2.75) is 132 Å². The number of hydrogen-bond donors (Lipinski definition) is 4. The number of hydrogen-bond acceptors (Lipinski definition) is 5. The molecule has 2 rings (SSSR count). The highest BCUT2D eigenvalue weighted by Crippen LogP contribution is 2.44. The monoisotopic (exact) mass is 512 g/mol. The van der Waals surface area contributed by atoms with Gasteiger partial charge in [0.1, 0.15) is 17.1 Å². The van der Waals surface area contributed by atoms with Gasteiger partial charge in [-0.05, 0) is 87.8 Å². The van der Waals surface area contributed by atoms with Crippen molar-refractivity contribution in [1.82, 2.24) is 0 Å². The topological polar surface area (TPSA) is 90.2 Å². The highest BCUT2D eigenvalue weighted by Gasteiger charge is 2.34. The molecule has 0 aromatic heterocycles. The molecule has 1 aliphatic rings. The van der Waals surface area contributed by atoms with E-state index in [0.717, 1.165) is 59.5 Å². The van der Waals surface area contributed by atoms with Gasteiger partial charge in [-0.3, -0.25) is 0 Å². The highest BCUT2D eigenvalue weighted by atomic mass is 31.2. The third kappa shape index (κ3) is 11.4. The molecule has 1 aromatic rings. The van der Waals surface area contributed by atoms with Gasteiger partial charge in [0, 0.05) is 5.56 Å². The van der Waals surface area contributed by atoms with Crippen LogP contribution < -0.4 is 4.74 Å². The summed E-state index contributed by atoms with van der Waals surface area (Å²) < 4.78 is 6.60. The van der Waals surface area contributed by atoms with E-state index >= 15 is 0 Å². The molecule has 0 saturated carbocycles. The van der Waals surface area contributed by atoms with Gasteiger partial charge < -0.3 is 24.5 Å². The molecule has 0 fully saturated rings. The molecule has 1 aliphatic heterocycles. The van der Waals surface area contributed by atoms with Crippen LogP contribution in [-0.2, 0) is 6.42 Å². The summed E-state index contributed by atoms with van der Waals surface area (Å²) in [6, 6.07) is 0. The predicted octanol–water partition coefficient (Wildman–Crippen LogP) is 8.03. The van der Waals surface area contributed by atoms with Gasteiger partial charge in [0.15, 0.2) is 0 Å². The molecule has 3 atom stereocenters. The van der Waals surface area contributed by atoms with Crippen LogP contribution in [0.25, 0.3) is 0 Å². The summed E-state index contributed by atoms with van der Waals surface area (Å²) in [4.78, 5) is 21.7. The predicted molar refractivity (Wildman–Crippen MR) is 148 cm³/mol. The molecule has 0 bridgehead atoms. The molecule has 0 spiro atoms. The fourth-order valence-corrected chi connectivity index (χ4v) is 5.27. The minimum Gasteiger partial charge on any atom is -0.507 e. The molecule has 204 valence electrons. The molecule has 0 aliphatic carbocycles.